The number of ether oxygens (including phenoxy) is 1. The minimum absolute atomic E-state index is 0.0942. The molecule has 2 aliphatic rings. The van der Waals surface area contributed by atoms with Gasteiger partial charge in [-0.1, -0.05) is 36.4 Å². The maximum atomic E-state index is 12.4. The van der Waals surface area contributed by atoms with Gasteiger partial charge in [-0.25, -0.2) is 0 Å². The Morgan fingerprint density at radius 3 is 2.86 bits per heavy atom. The highest BCUT2D eigenvalue weighted by atomic mass is 16.5. The van der Waals surface area contributed by atoms with Gasteiger partial charge in [0.05, 0.1) is 12.2 Å². The fourth-order valence-corrected chi connectivity index (χ4v) is 4.19. The number of benzene rings is 1. The van der Waals surface area contributed by atoms with Crippen molar-refractivity contribution in [3.8, 4) is 0 Å². The van der Waals surface area contributed by atoms with E-state index < -0.39 is 0 Å². The molecule has 22 heavy (non-hydrogen) atoms. The molecule has 0 bridgehead atoms. The zero-order valence-electron chi connectivity index (χ0n) is 13.2. The molecular weight excluding hydrogens is 272 g/mol. The molecule has 118 valence electrons. The maximum absolute atomic E-state index is 12.4. The summed E-state index contributed by atoms with van der Waals surface area (Å²) in [5.74, 6) is 1.10. The van der Waals surface area contributed by atoms with Crippen molar-refractivity contribution in [1.29, 1.82) is 0 Å². The van der Waals surface area contributed by atoms with Crippen molar-refractivity contribution in [3.05, 3.63) is 48.6 Å². The third-order valence-electron chi connectivity index (χ3n) is 5.20. The van der Waals surface area contributed by atoms with Gasteiger partial charge in [-0.15, -0.1) is 6.58 Å². The first-order chi connectivity index (χ1) is 10.8. The van der Waals surface area contributed by atoms with Crippen molar-refractivity contribution in [2.45, 2.75) is 57.2 Å². The van der Waals surface area contributed by atoms with Crippen LogP contribution in [0.4, 0.5) is 0 Å². The van der Waals surface area contributed by atoms with Crippen LogP contribution in [0.25, 0.3) is 0 Å². The molecule has 0 N–H and O–H groups in total. The Labute approximate surface area is 133 Å². The molecule has 2 nitrogen and oxygen atoms in total. The van der Waals surface area contributed by atoms with Crippen molar-refractivity contribution in [2.24, 2.45) is 11.8 Å². The topological polar surface area (TPSA) is 26.3 Å². The SMILES string of the molecule is C=CC[C@@H]1C[C@H]2CCCC(=O)[C@H]2[C@H](CCc2ccccc2)O1. The lowest BCUT2D eigenvalue weighted by molar-refractivity contribution is -0.152. The van der Waals surface area contributed by atoms with Gasteiger partial charge in [-0.05, 0) is 50.0 Å². The van der Waals surface area contributed by atoms with Gasteiger partial charge in [0.25, 0.3) is 0 Å². The predicted molar refractivity (Wildman–Crippen MR) is 88.7 cm³/mol. The van der Waals surface area contributed by atoms with Crippen LogP contribution in [0.3, 0.4) is 0 Å². The number of rotatable bonds is 5. The summed E-state index contributed by atoms with van der Waals surface area (Å²) in [6, 6.07) is 10.5. The summed E-state index contributed by atoms with van der Waals surface area (Å²) >= 11 is 0. The molecule has 1 aromatic carbocycles. The van der Waals surface area contributed by atoms with E-state index in [2.05, 4.69) is 30.8 Å². The Balaban J connectivity index is 1.69. The summed E-state index contributed by atoms with van der Waals surface area (Å²) in [7, 11) is 0. The molecular formula is C20H26O2. The molecule has 0 aromatic heterocycles. The fourth-order valence-electron chi connectivity index (χ4n) is 4.19. The molecule has 1 aliphatic carbocycles. The van der Waals surface area contributed by atoms with Gasteiger partial charge < -0.3 is 4.74 Å². The molecule has 1 aliphatic heterocycles. The van der Waals surface area contributed by atoms with Crippen molar-refractivity contribution < 1.29 is 9.53 Å². The molecule has 4 atom stereocenters. The summed E-state index contributed by atoms with van der Waals surface area (Å²) in [5.41, 5.74) is 1.33. The van der Waals surface area contributed by atoms with Gasteiger partial charge in [0.2, 0.25) is 0 Å². The van der Waals surface area contributed by atoms with Crippen molar-refractivity contribution in [2.75, 3.05) is 0 Å². The fraction of sp³-hybridized carbons (Fsp3) is 0.550. The van der Waals surface area contributed by atoms with Gasteiger partial charge in [-0.2, -0.15) is 0 Å². The Hall–Kier alpha value is -1.41. The average molecular weight is 298 g/mol. The minimum Gasteiger partial charge on any atom is -0.374 e. The number of carbonyl (C=O) groups is 1. The number of carbonyl (C=O) groups excluding carboxylic acids is 1. The van der Waals surface area contributed by atoms with Crippen LogP contribution in [0.1, 0.15) is 44.1 Å². The largest absolute Gasteiger partial charge is 0.374 e. The quantitative estimate of drug-likeness (QED) is 0.756. The van der Waals surface area contributed by atoms with E-state index >= 15 is 0 Å². The first-order valence-electron chi connectivity index (χ1n) is 8.61. The van der Waals surface area contributed by atoms with Crippen LogP contribution in [0.15, 0.2) is 43.0 Å². The van der Waals surface area contributed by atoms with E-state index in [1.54, 1.807) is 0 Å². The Kier molecular flexibility index (Phi) is 5.09. The summed E-state index contributed by atoms with van der Waals surface area (Å²) < 4.78 is 6.30. The molecule has 0 spiro atoms. The van der Waals surface area contributed by atoms with Crippen molar-refractivity contribution >= 4 is 5.78 Å². The standard InChI is InChI=1S/C20H26O2/c1-2-7-17-14-16-10-6-11-18(21)20(16)19(22-17)13-12-15-8-4-3-5-9-15/h2-5,8-9,16-17,19-20H,1,6-7,10-14H2/t16-,17-,19+,20+/m1/s1. The Morgan fingerprint density at radius 2 is 2.09 bits per heavy atom. The highest BCUT2D eigenvalue weighted by molar-refractivity contribution is 5.82. The summed E-state index contributed by atoms with van der Waals surface area (Å²) in [4.78, 5) is 12.4. The first kappa shape index (κ1) is 15.5. The smallest absolute Gasteiger partial charge is 0.138 e. The maximum Gasteiger partial charge on any atom is 0.138 e. The van der Waals surface area contributed by atoms with E-state index in [1.807, 2.05) is 12.1 Å². The second kappa shape index (κ2) is 7.23. The Morgan fingerprint density at radius 1 is 1.27 bits per heavy atom. The first-order valence-corrected chi connectivity index (χ1v) is 8.61. The van der Waals surface area contributed by atoms with Crippen LogP contribution >= 0.6 is 0 Å². The van der Waals surface area contributed by atoms with Gasteiger partial charge >= 0.3 is 0 Å². The summed E-state index contributed by atoms with van der Waals surface area (Å²) in [5, 5.41) is 0. The molecule has 1 heterocycles. The average Bonchev–Trinajstić information content (AvgIpc) is 2.54. The van der Waals surface area contributed by atoms with Crippen LogP contribution < -0.4 is 0 Å². The second-order valence-corrected chi connectivity index (χ2v) is 6.73. The molecule has 0 radical (unpaired) electrons. The van der Waals surface area contributed by atoms with Gasteiger partial charge in [0.1, 0.15) is 5.78 Å². The number of hydrogen-bond acceptors (Lipinski definition) is 2. The number of ketones is 1. The van der Waals surface area contributed by atoms with Crippen LogP contribution in [0.2, 0.25) is 0 Å². The number of Topliss-reactive ketones (excluding diaryl/α,β-unsaturated/α-hetero) is 1. The number of hydrogen-bond donors (Lipinski definition) is 0. The van der Waals surface area contributed by atoms with Crippen LogP contribution in [0.5, 0.6) is 0 Å². The molecule has 2 fully saturated rings. The molecule has 3 rings (SSSR count). The third kappa shape index (κ3) is 3.49. The zero-order valence-corrected chi connectivity index (χ0v) is 13.2. The number of fused-ring (bicyclic) bond motifs is 1. The molecule has 1 saturated heterocycles. The van der Waals surface area contributed by atoms with Gasteiger partial charge in [0.15, 0.2) is 0 Å². The van der Waals surface area contributed by atoms with E-state index in [0.717, 1.165) is 38.5 Å². The lowest BCUT2D eigenvalue weighted by atomic mass is 9.70. The van der Waals surface area contributed by atoms with E-state index in [9.17, 15) is 4.79 Å². The Bertz CT molecular complexity index is 508. The van der Waals surface area contributed by atoms with Crippen molar-refractivity contribution in [3.63, 3.8) is 0 Å². The van der Waals surface area contributed by atoms with Crippen LogP contribution in [0, 0.1) is 11.8 Å². The molecule has 0 amide bonds. The highest BCUT2D eigenvalue weighted by Crippen LogP contribution is 2.41. The van der Waals surface area contributed by atoms with Gasteiger partial charge in [0, 0.05) is 12.3 Å². The lowest BCUT2D eigenvalue weighted by Gasteiger charge is -2.43. The van der Waals surface area contributed by atoms with E-state index in [0.29, 0.717) is 11.7 Å². The summed E-state index contributed by atoms with van der Waals surface area (Å²) in [6.07, 6.45) is 9.17. The van der Waals surface area contributed by atoms with E-state index in [-0.39, 0.29) is 18.1 Å². The minimum atomic E-state index is 0.0942. The second-order valence-electron chi connectivity index (χ2n) is 6.73. The van der Waals surface area contributed by atoms with Crippen molar-refractivity contribution in [1.82, 2.24) is 0 Å². The molecule has 0 unspecified atom stereocenters. The molecule has 1 saturated carbocycles. The normalized spacial score (nSPS) is 31.5. The van der Waals surface area contributed by atoms with E-state index in [1.165, 1.54) is 12.0 Å². The molecule has 2 heteroatoms. The highest BCUT2D eigenvalue weighted by Gasteiger charge is 2.43. The molecule has 1 aromatic rings. The monoisotopic (exact) mass is 298 g/mol. The lowest BCUT2D eigenvalue weighted by Crippen LogP contribution is -2.47. The van der Waals surface area contributed by atoms with Gasteiger partial charge in [-0.3, -0.25) is 4.79 Å². The number of aryl methyl sites for hydroxylation is 1. The van der Waals surface area contributed by atoms with Crippen LogP contribution in [-0.4, -0.2) is 18.0 Å². The summed E-state index contributed by atoms with van der Waals surface area (Å²) in [6.45, 7) is 3.85. The zero-order chi connectivity index (χ0) is 15.4. The van der Waals surface area contributed by atoms with E-state index in [4.69, 9.17) is 4.74 Å². The van der Waals surface area contributed by atoms with Crippen LogP contribution in [-0.2, 0) is 16.0 Å². The predicted octanol–water partition coefficient (Wildman–Crippen LogP) is 4.34. The third-order valence-corrected chi connectivity index (χ3v) is 5.20.